The number of nitro benzene ring substituents is 1. The Morgan fingerprint density at radius 3 is 2.87 bits per heavy atom. The quantitative estimate of drug-likeness (QED) is 0.337. The van der Waals surface area contributed by atoms with Gasteiger partial charge >= 0.3 is 0 Å². The molecule has 0 amide bonds. The maximum atomic E-state index is 10.8. The molecular formula is C16H10N4O2S. The van der Waals surface area contributed by atoms with Crippen LogP contribution in [0.25, 0.3) is 17.1 Å². The maximum absolute atomic E-state index is 10.8. The molecule has 0 unspecified atom stereocenters. The van der Waals surface area contributed by atoms with E-state index in [0.717, 1.165) is 11.0 Å². The molecule has 3 aromatic rings. The van der Waals surface area contributed by atoms with Crippen LogP contribution in [0, 0.1) is 21.4 Å². The molecule has 0 aliphatic heterocycles. The Labute approximate surface area is 135 Å². The van der Waals surface area contributed by atoms with Gasteiger partial charge in [0.15, 0.2) is 5.16 Å². The third-order valence-corrected chi connectivity index (χ3v) is 3.88. The summed E-state index contributed by atoms with van der Waals surface area (Å²) < 4.78 is 0. The summed E-state index contributed by atoms with van der Waals surface area (Å²) in [6, 6.07) is 15.8. The number of nitrogens with one attached hydrogen (secondary N) is 1. The lowest BCUT2D eigenvalue weighted by molar-refractivity contribution is -0.384. The maximum Gasteiger partial charge on any atom is 0.270 e. The van der Waals surface area contributed by atoms with E-state index in [9.17, 15) is 15.4 Å². The van der Waals surface area contributed by atoms with E-state index in [-0.39, 0.29) is 5.69 Å². The predicted molar refractivity (Wildman–Crippen MR) is 88.6 cm³/mol. The first-order valence-electron chi connectivity index (χ1n) is 6.64. The molecule has 6 nitrogen and oxygen atoms in total. The Hall–Kier alpha value is -3.11. The summed E-state index contributed by atoms with van der Waals surface area (Å²) in [5.41, 5.74) is 2.30. The Morgan fingerprint density at radius 1 is 1.30 bits per heavy atom. The van der Waals surface area contributed by atoms with Crippen LogP contribution in [0.2, 0.25) is 0 Å². The van der Waals surface area contributed by atoms with Gasteiger partial charge in [-0.1, -0.05) is 24.3 Å². The average molecular weight is 322 g/mol. The fourth-order valence-electron chi connectivity index (χ4n) is 2.05. The van der Waals surface area contributed by atoms with Crippen molar-refractivity contribution in [2.45, 2.75) is 5.16 Å². The number of nitro groups is 1. The SMILES string of the molecule is N#CC(=Cc1cccc([N+](=O)[O-])c1)Sc1nc2ccccc2[nH]1. The van der Waals surface area contributed by atoms with E-state index < -0.39 is 4.92 Å². The molecule has 0 bridgehead atoms. The molecule has 0 fully saturated rings. The van der Waals surface area contributed by atoms with Crippen LogP contribution in [0.3, 0.4) is 0 Å². The summed E-state index contributed by atoms with van der Waals surface area (Å²) in [5, 5.41) is 20.7. The van der Waals surface area contributed by atoms with Crippen LogP contribution in [0.5, 0.6) is 0 Å². The number of non-ortho nitro benzene ring substituents is 1. The van der Waals surface area contributed by atoms with Gasteiger partial charge < -0.3 is 4.98 Å². The zero-order valence-corrected chi connectivity index (χ0v) is 12.6. The number of rotatable bonds is 4. The molecule has 1 aromatic heterocycles. The van der Waals surface area contributed by atoms with Crippen LogP contribution >= 0.6 is 11.8 Å². The molecule has 3 rings (SSSR count). The average Bonchev–Trinajstić information content (AvgIpc) is 2.96. The first kappa shape index (κ1) is 14.8. The number of aromatic amines is 1. The van der Waals surface area contributed by atoms with Crippen LogP contribution in [0.15, 0.2) is 58.6 Å². The van der Waals surface area contributed by atoms with Crippen molar-refractivity contribution >= 4 is 34.6 Å². The second-order valence-electron chi connectivity index (χ2n) is 4.63. The number of nitrogens with zero attached hydrogens (tertiary/aromatic N) is 3. The third-order valence-electron chi connectivity index (χ3n) is 3.06. The smallest absolute Gasteiger partial charge is 0.270 e. The Kier molecular flexibility index (Phi) is 4.08. The van der Waals surface area contributed by atoms with Crippen molar-refractivity contribution in [2.24, 2.45) is 0 Å². The normalized spacial score (nSPS) is 11.3. The number of para-hydroxylation sites is 2. The Bertz CT molecular complexity index is 923. The molecule has 1 heterocycles. The molecule has 0 aliphatic rings. The number of nitriles is 1. The van der Waals surface area contributed by atoms with E-state index in [0.29, 0.717) is 15.6 Å². The highest BCUT2D eigenvalue weighted by molar-refractivity contribution is 8.03. The molecule has 0 spiro atoms. The van der Waals surface area contributed by atoms with Crippen molar-refractivity contribution in [2.75, 3.05) is 0 Å². The number of H-pyrrole nitrogens is 1. The summed E-state index contributed by atoms with van der Waals surface area (Å²) in [4.78, 5) is 18.3. The highest BCUT2D eigenvalue weighted by atomic mass is 32.2. The van der Waals surface area contributed by atoms with Gasteiger partial charge in [0, 0.05) is 12.1 Å². The van der Waals surface area contributed by atoms with Gasteiger partial charge in [-0.3, -0.25) is 10.1 Å². The summed E-state index contributed by atoms with van der Waals surface area (Å²) in [7, 11) is 0. The second kappa shape index (κ2) is 6.34. The predicted octanol–water partition coefficient (Wildman–Crippen LogP) is 4.13. The molecule has 0 saturated heterocycles. The number of aromatic nitrogens is 2. The summed E-state index contributed by atoms with van der Waals surface area (Å²) in [6.07, 6.45) is 1.60. The lowest BCUT2D eigenvalue weighted by Gasteiger charge is -1.97. The fraction of sp³-hybridized carbons (Fsp3) is 0. The first-order chi connectivity index (χ1) is 11.2. The van der Waals surface area contributed by atoms with Gasteiger partial charge in [0.2, 0.25) is 0 Å². The van der Waals surface area contributed by atoms with E-state index in [4.69, 9.17) is 0 Å². The van der Waals surface area contributed by atoms with Gasteiger partial charge in [-0.05, 0) is 35.5 Å². The largest absolute Gasteiger partial charge is 0.333 e. The van der Waals surface area contributed by atoms with Gasteiger partial charge in [0.1, 0.15) is 6.07 Å². The van der Waals surface area contributed by atoms with Gasteiger partial charge in [0.25, 0.3) is 5.69 Å². The van der Waals surface area contributed by atoms with Crippen molar-refractivity contribution in [1.29, 1.82) is 5.26 Å². The number of benzene rings is 2. The van der Waals surface area contributed by atoms with E-state index >= 15 is 0 Å². The van der Waals surface area contributed by atoms with Gasteiger partial charge in [-0.2, -0.15) is 5.26 Å². The lowest BCUT2D eigenvalue weighted by atomic mass is 10.2. The molecular weight excluding hydrogens is 312 g/mol. The molecule has 0 aliphatic carbocycles. The molecule has 2 aromatic carbocycles. The first-order valence-corrected chi connectivity index (χ1v) is 7.46. The standard InChI is InChI=1S/C16H10N4O2S/c17-10-13(9-11-4-3-5-12(8-11)20(21)22)23-16-18-14-6-1-2-7-15(14)19-16/h1-9H,(H,18,19). The van der Waals surface area contributed by atoms with E-state index in [1.165, 1.54) is 23.9 Å². The monoisotopic (exact) mass is 322 g/mol. The van der Waals surface area contributed by atoms with Crippen molar-refractivity contribution in [3.05, 3.63) is 69.1 Å². The summed E-state index contributed by atoms with van der Waals surface area (Å²) in [5.74, 6) is 0. The number of hydrogen-bond donors (Lipinski definition) is 1. The zero-order chi connectivity index (χ0) is 16.2. The number of fused-ring (bicyclic) bond motifs is 1. The van der Waals surface area contributed by atoms with Gasteiger partial charge in [-0.15, -0.1) is 0 Å². The highest BCUT2D eigenvalue weighted by Gasteiger charge is 2.08. The van der Waals surface area contributed by atoms with Gasteiger partial charge in [0.05, 0.1) is 20.9 Å². The number of hydrogen-bond acceptors (Lipinski definition) is 5. The van der Waals surface area contributed by atoms with Crippen molar-refractivity contribution in [1.82, 2.24) is 9.97 Å². The number of thioether (sulfide) groups is 1. The van der Waals surface area contributed by atoms with E-state index in [1.807, 2.05) is 24.3 Å². The molecule has 7 heteroatoms. The summed E-state index contributed by atoms with van der Waals surface area (Å²) in [6.45, 7) is 0. The molecule has 23 heavy (non-hydrogen) atoms. The van der Waals surface area contributed by atoms with E-state index in [2.05, 4.69) is 16.0 Å². The molecule has 112 valence electrons. The number of allylic oxidation sites excluding steroid dienone is 1. The molecule has 0 radical (unpaired) electrons. The molecule has 0 atom stereocenters. The molecule has 1 N–H and O–H groups in total. The zero-order valence-electron chi connectivity index (χ0n) is 11.8. The van der Waals surface area contributed by atoms with Crippen molar-refractivity contribution < 1.29 is 4.92 Å². The molecule has 0 saturated carbocycles. The highest BCUT2D eigenvalue weighted by Crippen LogP contribution is 2.28. The van der Waals surface area contributed by atoms with Crippen molar-refractivity contribution in [3.63, 3.8) is 0 Å². The van der Waals surface area contributed by atoms with Crippen LogP contribution in [-0.4, -0.2) is 14.9 Å². The third kappa shape index (κ3) is 3.39. The van der Waals surface area contributed by atoms with E-state index in [1.54, 1.807) is 18.2 Å². The second-order valence-corrected chi connectivity index (χ2v) is 5.66. The fourth-order valence-corrected chi connectivity index (χ4v) is 2.80. The minimum Gasteiger partial charge on any atom is -0.333 e. The lowest BCUT2D eigenvalue weighted by Crippen LogP contribution is -1.87. The minimum atomic E-state index is -0.463. The number of imidazole rings is 1. The van der Waals surface area contributed by atoms with Crippen LogP contribution in [-0.2, 0) is 0 Å². The van der Waals surface area contributed by atoms with Crippen LogP contribution < -0.4 is 0 Å². The Morgan fingerprint density at radius 2 is 2.13 bits per heavy atom. The van der Waals surface area contributed by atoms with Crippen molar-refractivity contribution in [3.8, 4) is 6.07 Å². The topological polar surface area (TPSA) is 95.6 Å². The van der Waals surface area contributed by atoms with Crippen LogP contribution in [0.1, 0.15) is 5.56 Å². The Balaban J connectivity index is 1.89. The van der Waals surface area contributed by atoms with Crippen LogP contribution in [0.4, 0.5) is 5.69 Å². The van der Waals surface area contributed by atoms with Gasteiger partial charge in [-0.25, -0.2) is 4.98 Å². The summed E-state index contributed by atoms with van der Waals surface area (Å²) >= 11 is 1.19. The minimum absolute atomic E-state index is 0.00947.